The van der Waals surface area contributed by atoms with Crippen molar-refractivity contribution in [3.63, 3.8) is 0 Å². The van der Waals surface area contributed by atoms with Gasteiger partial charge in [-0.05, 0) is 37.1 Å². The van der Waals surface area contributed by atoms with E-state index in [9.17, 15) is 13.2 Å². The van der Waals surface area contributed by atoms with E-state index >= 15 is 0 Å². The molecule has 1 N–H and O–H groups in total. The van der Waals surface area contributed by atoms with Crippen molar-refractivity contribution in [3.8, 4) is 0 Å². The normalized spacial score (nSPS) is 11.5. The molecule has 0 aliphatic rings. The van der Waals surface area contributed by atoms with E-state index in [1.807, 2.05) is 0 Å². The van der Waals surface area contributed by atoms with Crippen LogP contribution in [0.2, 0.25) is 0 Å². The van der Waals surface area contributed by atoms with Crippen molar-refractivity contribution in [2.45, 2.75) is 24.5 Å². The van der Waals surface area contributed by atoms with Crippen LogP contribution >= 0.6 is 11.3 Å². The predicted molar refractivity (Wildman–Crippen MR) is 75.9 cm³/mol. The highest BCUT2D eigenvalue weighted by atomic mass is 32.2. The minimum Gasteiger partial charge on any atom is -0.478 e. The highest BCUT2D eigenvalue weighted by molar-refractivity contribution is 7.90. The summed E-state index contributed by atoms with van der Waals surface area (Å²) in [6.07, 6.45) is 0. The highest BCUT2D eigenvalue weighted by Crippen LogP contribution is 2.24. The molecule has 0 aliphatic carbocycles. The molecular weight excluding hydrogens is 298 g/mol. The van der Waals surface area contributed by atoms with E-state index in [2.05, 4.69) is 4.98 Å². The van der Waals surface area contributed by atoms with Gasteiger partial charge in [-0.1, -0.05) is 0 Å². The van der Waals surface area contributed by atoms with Crippen LogP contribution in [0.15, 0.2) is 27.9 Å². The van der Waals surface area contributed by atoms with Crippen LogP contribution in [0, 0.1) is 13.8 Å². The quantitative estimate of drug-likeness (QED) is 0.937. The zero-order valence-electron chi connectivity index (χ0n) is 11.0. The molecule has 1 aromatic carbocycles. The molecule has 0 aliphatic heterocycles. The summed E-state index contributed by atoms with van der Waals surface area (Å²) in [5, 5.41) is 10.7. The van der Waals surface area contributed by atoms with Gasteiger partial charge in [-0.25, -0.2) is 18.2 Å². The van der Waals surface area contributed by atoms with Gasteiger partial charge in [-0.3, -0.25) is 0 Å². The number of aromatic carboxylic acids is 1. The molecule has 0 unspecified atom stereocenters. The third-order valence-corrected chi connectivity index (χ3v) is 5.43. The zero-order valence-corrected chi connectivity index (χ0v) is 12.6. The van der Waals surface area contributed by atoms with Crippen LogP contribution in [0.5, 0.6) is 0 Å². The van der Waals surface area contributed by atoms with Crippen molar-refractivity contribution in [2.24, 2.45) is 0 Å². The van der Waals surface area contributed by atoms with Crippen LogP contribution in [0.25, 0.3) is 0 Å². The summed E-state index contributed by atoms with van der Waals surface area (Å²) in [4.78, 5) is 15.1. The maximum Gasteiger partial charge on any atom is 0.335 e. The Hall–Kier alpha value is -1.73. The number of benzene rings is 1. The molecule has 0 bridgehead atoms. The highest BCUT2D eigenvalue weighted by Gasteiger charge is 2.22. The number of hydrogen-bond donors (Lipinski definition) is 1. The van der Waals surface area contributed by atoms with Crippen molar-refractivity contribution in [1.82, 2.24) is 4.98 Å². The minimum atomic E-state index is -3.61. The summed E-state index contributed by atoms with van der Waals surface area (Å²) in [5.41, 5.74) is 3.22. The first kappa shape index (κ1) is 14.7. The van der Waals surface area contributed by atoms with E-state index < -0.39 is 15.8 Å². The largest absolute Gasteiger partial charge is 0.478 e. The van der Waals surface area contributed by atoms with E-state index in [4.69, 9.17) is 5.11 Å². The van der Waals surface area contributed by atoms with Crippen LogP contribution in [0.1, 0.15) is 27.2 Å². The number of thiazole rings is 1. The number of aryl methyl sites for hydroxylation is 1. The third kappa shape index (κ3) is 2.88. The number of hydrogen-bond acceptors (Lipinski definition) is 5. The Balaban J connectivity index is 2.53. The molecule has 2 aromatic rings. The van der Waals surface area contributed by atoms with Gasteiger partial charge in [0.2, 0.25) is 0 Å². The van der Waals surface area contributed by atoms with Gasteiger partial charge in [0.15, 0.2) is 9.84 Å². The summed E-state index contributed by atoms with van der Waals surface area (Å²) in [6.45, 7) is 3.37. The van der Waals surface area contributed by atoms with Crippen LogP contribution in [-0.2, 0) is 15.6 Å². The molecule has 0 saturated carbocycles. The SMILES string of the molecule is Cc1cc(C(=O)O)cc(S(=O)(=O)Cc2cscn2)c1C. The van der Waals surface area contributed by atoms with E-state index in [1.54, 1.807) is 24.7 Å². The lowest BCUT2D eigenvalue weighted by Crippen LogP contribution is -2.10. The van der Waals surface area contributed by atoms with Crippen molar-refractivity contribution in [2.75, 3.05) is 0 Å². The molecule has 0 spiro atoms. The Morgan fingerprint density at radius 2 is 2.05 bits per heavy atom. The smallest absolute Gasteiger partial charge is 0.335 e. The molecule has 0 radical (unpaired) electrons. The summed E-state index contributed by atoms with van der Waals surface area (Å²) >= 11 is 1.32. The second-order valence-corrected chi connectivity index (χ2v) is 7.14. The Kier molecular flexibility index (Phi) is 3.92. The van der Waals surface area contributed by atoms with Crippen LogP contribution < -0.4 is 0 Å². The molecule has 7 heteroatoms. The third-order valence-electron chi connectivity index (χ3n) is 3.02. The maximum absolute atomic E-state index is 12.4. The van der Waals surface area contributed by atoms with Gasteiger partial charge >= 0.3 is 5.97 Å². The molecule has 1 heterocycles. The van der Waals surface area contributed by atoms with Crippen molar-refractivity contribution >= 4 is 27.1 Å². The standard InChI is InChI=1S/C13H13NO4S2/c1-8-3-10(13(15)16)4-12(9(8)2)20(17,18)6-11-5-19-7-14-11/h3-5,7H,6H2,1-2H3,(H,15,16). The van der Waals surface area contributed by atoms with Crippen LogP contribution in [0.4, 0.5) is 0 Å². The lowest BCUT2D eigenvalue weighted by molar-refractivity contribution is 0.0696. The molecule has 0 saturated heterocycles. The number of carboxylic acids is 1. The average molecular weight is 311 g/mol. The van der Waals surface area contributed by atoms with Gasteiger partial charge in [0.1, 0.15) is 0 Å². The first-order valence-electron chi connectivity index (χ1n) is 5.75. The molecule has 106 valence electrons. The summed E-state index contributed by atoms with van der Waals surface area (Å²) in [5.74, 6) is -1.36. The molecule has 2 rings (SSSR count). The van der Waals surface area contributed by atoms with Crippen molar-refractivity contribution in [3.05, 3.63) is 45.4 Å². The fraction of sp³-hybridized carbons (Fsp3) is 0.231. The minimum absolute atomic E-state index is 0.0232. The molecular formula is C13H13NO4S2. The van der Waals surface area contributed by atoms with E-state index in [0.29, 0.717) is 16.8 Å². The topological polar surface area (TPSA) is 84.3 Å². The number of carbonyl (C=O) groups is 1. The van der Waals surface area contributed by atoms with Gasteiger partial charge in [-0.15, -0.1) is 11.3 Å². The fourth-order valence-electron chi connectivity index (χ4n) is 1.85. The first-order chi connectivity index (χ1) is 9.31. The maximum atomic E-state index is 12.4. The Labute approximate surface area is 120 Å². The van der Waals surface area contributed by atoms with Gasteiger partial charge in [-0.2, -0.15) is 0 Å². The molecule has 20 heavy (non-hydrogen) atoms. The Morgan fingerprint density at radius 1 is 1.35 bits per heavy atom. The van der Waals surface area contributed by atoms with Gasteiger partial charge < -0.3 is 5.11 Å². The van der Waals surface area contributed by atoms with Gasteiger partial charge in [0, 0.05) is 5.38 Å². The number of sulfone groups is 1. The monoisotopic (exact) mass is 311 g/mol. The van der Waals surface area contributed by atoms with E-state index in [0.717, 1.165) is 0 Å². The molecule has 0 amide bonds. The summed E-state index contributed by atoms with van der Waals surface area (Å²) in [7, 11) is -3.61. The first-order valence-corrected chi connectivity index (χ1v) is 8.35. The second kappa shape index (κ2) is 5.34. The van der Waals surface area contributed by atoms with Crippen LogP contribution in [-0.4, -0.2) is 24.5 Å². The zero-order chi connectivity index (χ0) is 14.9. The number of nitrogens with zero attached hydrogens (tertiary/aromatic N) is 1. The average Bonchev–Trinajstić information content (AvgIpc) is 2.83. The summed E-state index contributed by atoms with van der Waals surface area (Å²) in [6, 6.07) is 2.69. The van der Waals surface area contributed by atoms with Gasteiger partial charge in [0.25, 0.3) is 0 Å². The second-order valence-electron chi connectivity index (χ2n) is 4.46. The predicted octanol–water partition coefficient (Wildman–Crippen LogP) is 2.43. The molecule has 5 nitrogen and oxygen atoms in total. The summed E-state index contributed by atoms with van der Waals surface area (Å²) < 4.78 is 24.8. The molecule has 1 aromatic heterocycles. The van der Waals surface area contributed by atoms with E-state index in [-0.39, 0.29) is 16.2 Å². The Bertz CT molecular complexity index is 749. The molecule has 0 fully saturated rings. The molecule has 0 atom stereocenters. The van der Waals surface area contributed by atoms with Crippen molar-refractivity contribution in [1.29, 1.82) is 0 Å². The lowest BCUT2D eigenvalue weighted by atomic mass is 10.1. The lowest BCUT2D eigenvalue weighted by Gasteiger charge is -2.10. The van der Waals surface area contributed by atoms with E-state index in [1.165, 1.54) is 23.5 Å². The number of carboxylic acid groups (broad SMARTS) is 1. The number of aromatic nitrogens is 1. The fourth-order valence-corrected chi connectivity index (χ4v) is 4.16. The van der Waals surface area contributed by atoms with Crippen molar-refractivity contribution < 1.29 is 18.3 Å². The Morgan fingerprint density at radius 3 is 2.60 bits per heavy atom. The number of rotatable bonds is 4. The van der Waals surface area contributed by atoms with Crippen LogP contribution in [0.3, 0.4) is 0 Å². The van der Waals surface area contributed by atoms with Gasteiger partial charge in [0.05, 0.1) is 27.4 Å².